The maximum absolute atomic E-state index is 3.63. The lowest BCUT2D eigenvalue weighted by atomic mass is 9.66. The van der Waals surface area contributed by atoms with Gasteiger partial charge in [0.15, 0.2) is 0 Å². The summed E-state index contributed by atoms with van der Waals surface area (Å²) in [6.45, 7) is 10.7. The first-order valence-corrected chi connectivity index (χ1v) is 7.93. The fourth-order valence-electron chi connectivity index (χ4n) is 4.14. The first-order valence-electron chi connectivity index (χ1n) is 7.14. The summed E-state index contributed by atoms with van der Waals surface area (Å²) in [7, 11) is 0. The van der Waals surface area contributed by atoms with Crippen molar-refractivity contribution in [3.05, 3.63) is 34.3 Å². The summed E-state index contributed by atoms with van der Waals surface area (Å²) in [5.41, 5.74) is 2.31. The Balaban J connectivity index is 1.73. The summed E-state index contributed by atoms with van der Waals surface area (Å²) in [6, 6.07) is 8.75. The maximum atomic E-state index is 3.63. The molecule has 0 saturated carbocycles. The summed E-state index contributed by atoms with van der Waals surface area (Å²) in [5, 5.41) is 3.63. The van der Waals surface area contributed by atoms with E-state index >= 15 is 0 Å². The number of rotatable bonds is 2. The van der Waals surface area contributed by atoms with Gasteiger partial charge in [-0.05, 0) is 34.9 Å². The van der Waals surface area contributed by atoms with Crippen molar-refractivity contribution in [3.8, 4) is 0 Å². The lowest BCUT2D eigenvalue weighted by molar-refractivity contribution is -0.0237. The molecule has 1 aromatic rings. The van der Waals surface area contributed by atoms with E-state index in [-0.39, 0.29) is 0 Å². The molecular weight excluding hydrogens is 300 g/mol. The third-order valence-electron chi connectivity index (χ3n) is 4.49. The first-order chi connectivity index (χ1) is 8.96. The van der Waals surface area contributed by atoms with Gasteiger partial charge in [0.05, 0.1) is 0 Å². The van der Waals surface area contributed by atoms with Gasteiger partial charge in [-0.1, -0.05) is 41.9 Å². The first kappa shape index (κ1) is 13.6. The van der Waals surface area contributed by atoms with Crippen LogP contribution in [0, 0.1) is 10.8 Å². The van der Waals surface area contributed by atoms with Gasteiger partial charge in [-0.25, -0.2) is 0 Å². The van der Waals surface area contributed by atoms with Crippen molar-refractivity contribution >= 4 is 15.9 Å². The molecule has 2 aliphatic rings. The standard InChI is InChI=1S/C16H23BrN2/c1-15-8-16(2,10-18-9-15)12-19(11-15)7-13-3-5-14(17)6-4-13/h3-6,18H,7-12H2,1-2H3/t15-,16-/m1/s1. The van der Waals surface area contributed by atoms with Gasteiger partial charge in [-0.2, -0.15) is 0 Å². The molecule has 1 N–H and O–H groups in total. The van der Waals surface area contributed by atoms with Gasteiger partial charge in [0.1, 0.15) is 0 Å². The Morgan fingerprint density at radius 1 is 1.11 bits per heavy atom. The van der Waals surface area contributed by atoms with Crippen LogP contribution in [0.1, 0.15) is 25.8 Å². The molecule has 2 fully saturated rings. The van der Waals surface area contributed by atoms with Crippen LogP contribution >= 0.6 is 15.9 Å². The fourth-order valence-corrected chi connectivity index (χ4v) is 4.40. The van der Waals surface area contributed by atoms with Crippen LogP contribution in [0.5, 0.6) is 0 Å². The average molecular weight is 323 g/mol. The number of nitrogens with zero attached hydrogens (tertiary/aromatic N) is 1. The Bertz CT molecular complexity index is 440. The van der Waals surface area contributed by atoms with Crippen molar-refractivity contribution in [2.75, 3.05) is 26.2 Å². The largest absolute Gasteiger partial charge is 0.316 e. The summed E-state index contributed by atoms with van der Waals surface area (Å²) >= 11 is 3.51. The molecule has 19 heavy (non-hydrogen) atoms. The van der Waals surface area contributed by atoms with Crippen molar-refractivity contribution in [2.45, 2.75) is 26.8 Å². The van der Waals surface area contributed by atoms with Gasteiger partial charge in [0.2, 0.25) is 0 Å². The van der Waals surface area contributed by atoms with Crippen molar-refractivity contribution < 1.29 is 0 Å². The van der Waals surface area contributed by atoms with Crippen LogP contribution < -0.4 is 5.32 Å². The zero-order valence-electron chi connectivity index (χ0n) is 11.9. The van der Waals surface area contributed by atoms with Crippen LogP contribution in [0.4, 0.5) is 0 Å². The topological polar surface area (TPSA) is 15.3 Å². The number of nitrogens with one attached hydrogen (secondary N) is 1. The second kappa shape index (κ2) is 4.87. The highest BCUT2D eigenvalue weighted by molar-refractivity contribution is 9.10. The molecule has 2 bridgehead atoms. The minimum Gasteiger partial charge on any atom is -0.316 e. The minimum absolute atomic E-state index is 0.445. The molecule has 1 aromatic carbocycles. The number of halogens is 1. The molecule has 2 nitrogen and oxygen atoms in total. The second-order valence-corrected chi connectivity index (χ2v) is 8.09. The smallest absolute Gasteiger partial charge is 0.0234 e. The van der Waals surface area contributed by atoms with Gasteiger partial charge in [-0.3, -0.25) is 4.90 Å². The monoisotopic (exact) mass is 322 g/mol. The molecule has 2 saturated heterocycles. The lowest BCUT2D eigenvalue weighted by Gasteiger charge is -2.54. The third kappa shape index (κ3) is 3.04. The SMILES string of the molecule is C[C@@]12CNC[C@](C)(CN(Cc3ccc(Br)cc3)C1)C2. The number of hydrogen-bond donors (Lipinski definition) is 1. The van der Waals surface area contributed by atoms with Crippen LogP contribution in [0.15, 0.2) is 28.7 Å². The van der Waals surface area contributed by atoms with Gasteiger partial charge in [0.25, 0.3) is 0 Å². The van der Waals surface area contributed by atoms with Crippen LogP contribution in [0.25, 0.3) is 0 Å². The molecule has 0 unspecified atom stereocenters. The maximum Gasteiger partial charge on any atom is 0.0234 e. The molecular formula is C16H23BrN2. The molecule has 2 atom stereocenters. The Morgan fingerprint density at radius 2 is 1.68 bits per heavy atom. The van der Waals surface area contributed by atoms with E-state index < -0.39 is 0 Å². The average Bonchev–Trinajstić information content (AvgIpc) is 2.29. The van der Waals surface area contributed by atoms with Gasteiger partial charge in [0, 0.05) is 37.2 Å². The molecule has 2 heterocycles. The summed E-state index contributed by atoms with van der Waals surface area (Å²) in [6.07, 6.45) is 1.36. The molecule has 0 spiro atoms. The van der Waals surface area contributed by atoms with Gasteiger partial charge < -0.3 is 5.32 Å². The van der Waals surface area contributed by atoms with E-state index in [9.17, 15) is 0 Å². The van der Waals surface area contributed by atoms with Gasteiger partial charge in [-0.15, -0.1) is 0 Å². The summed E-state index contributed by atoms with van der Waals surface area (Å²) in [4.78, 5) is 2.65. The molecule has 2 aliphatic heterocycles. The van der Waals surface area contributed by atoms with Crippen LogP contribution in [-0.4, -0.2) is 31.1 Å². The van der Waals surface area contributed by atoms with E-state index in [0.29, 0.717) is 10.8 Å². The predicted octanol–water partition coefficient (Wildman–Crippen LogP) is 3.27. The number of piperidine rings is 2. The molecule has 0 aromatic heterocycles. The zero-order chi connectivity index (χ0) is 13.5. The highest BCUT2D eigenvalue weighted by atomic mass is 79.9. The minimum atomic E-state index is 0.445. The Morgan fingerprint density at radius 3 is 2.26 bits per heavy atom. The van der Waals surface area contributed by atoms with Gasteiger partial charge >= 0.3 is 0 Å². The van der Waals surface area contributed by atoms with Crippen molar-refractivity contribution in [3.63, 3.8) is 0 Å². The molecule has 3 rings (SSSR count). The van der Waals surface area contributed by atoms with E-state index in [4.69, 9.17) is 0 Å². The summed E-state index contributed by atoms with van der Waals surface area (Å²) in [5.74, 6) is 0. The lowest BCUT2D eigenvalue weighted by Crippen LogP contribution is -2.60. The second-order valence-electron chi connectivity index (χ2n) is 7.17. The van der Waals surface area contributed by atoms with Crippen molar-refractivity contribution in [1.82, 2.24) is 10.2 Å². The number of hydrogen-bond acceptors (Lipinski definition) is 2. The summed E-state index contributed by atoms with van der Waals surface area (Å²) < 4.78 is 1.16. The van der Waals surface area contributed by atoms with E-state index in [1.807, 2.05) is 0 Å². The van der Waals surface area contributed by atoms with Crippen LogP contribution in [-0.2, 0) is 6.54 Å². The molecule has 104 valence electrons. The third-order valence-corrected chi connectivity index (χ3v) is 5.02. The van der Waals surface area contributed by atoms with Crippen molar-refractivity contribution in [2.24, 2.45) is 10.8 Å². The Kier molecular flexibility index (Phi) is 3.48. The normalized spacial score (nSPS) is 35.3. The Labute approximate surface area is 124 Å². The molecule has 0 amide bonds. The fraction of sp³-hybridized carbons (Fsp3) is 0.625. The van der Waals surface area contributed by atoms with E-state index in [2.05, 4.69) is 64.3 Å². The molecule has 0 aliphatic carbocycles. The number of benzene rings is 1. The Hall–Kier alpha value is -0.380. The number of fused-ring (bicyclic) bond motifs is 2. The van der Waals surface area contributed by atoms with Crippen molar-refractivity contribution in [1.29, 1.82) is 0 Å². The van der Waals surface area contributed by atoms with Crippen LogP contribution in [0.2, 0.25) is 0 Å². The quantitative estimate of drug-likeness (QED) is 0.899. The highest BCUT2D eigenvalue weighted by Gasteiger charge is 2.45. The predicted molar refractivity (Wildman–Crippen MR) is 83.1 cm³/mol. The van der Waals surface area contributed by atoms with E-state index in [1.165, 1.54) is 38.2 Å². The van der Waals surface area contributed by atoms with E-state index in [1.54, 1.807) is 0 Å². The highest BCUT2D eigenvalue weighted by Crippen LogP contribution is 2.42. The van der Waals surface area contributed by atoms with E-state index in [0.717, 1.165) is 11.0 Å². The molecule has 3 heteroatoms. The van der Waals surface area contributed by atoms with Crippen LogP contribution in [0.3, 0.4) is 0 Å². The zero-order valence-corrected chi connectivity index (χ0v) is 13.5. The number of likely N-dealkylation sites (tertiary alicyclic amines) is 1. The molecule has 0 radical (unpaired) electrons.